The number of rotatable bonds is 5. The van der Waals surface area contributed by atoms with Crippen LogP contribution in [0.15, 0.2) is 43.0 Å². The summed E-state index contributed by atoms with van der Waals surface area (Å²) in [6.07, 6.45) is 4.96. The number of fused-ring (bicyclic) bond motifs is 1. The lowest BCUT2D eigenvalue weighted by atomic mass is 9.92. The van der Waals surface area contributed by atoms with Crippen molar-refractivity contribution in [2.24, 2.45) is 0 Å². The molecule has 10 nitrogen and oxygen atoms in total. The molecule has 4 aromatic rings. The van der Waals surface area contributed by atoms with E-state index in [4.69, 9.17) is 15.7 Å². The minimum Gasteiger partial charge on any atom is -0.390 e. The number of nitrogens with one attached hydrogen (secondary N) is 1. The predicted octanol–water partition coefficient (Wildman–Crippen LogP) is 3.39. The van der Waals surface area contributed by atoms with E-state index in [9.17, 15) is 14.3 Å². The molecule has 2 aliphatic rings. The molecule has 2 atom stereocenters. The molecule has 0 radical (unpaired) electrons. The van der Waals surface area contributed by atoms with E-state index < -0.39 is 29.9 Å². The van der Waals surface area contributed by atoms with E-state index in [1.165, 1.54) is 36.7 Å². The van der Waals surface area contributed by atoms with E-state index in [1.54, 1.807) is 4.90 Å². The molecule has 2 N–H and O–H groups in total. The van der Waals surface area contributed by atoms with E-state index in [0.717, 1.165) is 4.68 Å². The van der Waals surface area contributed by atoms with E-state index in [0.29, 0.717) is 30.7 Å². The summed E-state index contributed by atoms with van der Waals surface area (Å²) in [5.41, 5.74) is 0.0456. The Morgan fingerprint density at radius 2 is 2.11 bits per heavy atom. The highest BCUT2D eigenvalue weighted by Gasteiger charge is 2.42. The lowest BCUT2D eigenvalue weighted by molar-refractivity contribution is -0.129. The number of H-pyrrole nitrogens is 1. The van der Waals surface area contributed by atoms with Crippen molar-refractivity contribution in [2.75, 3.05) is 0 Å². The molecule has 13 heteroatoms. The summed E-state index contributed by atoms with van der Waals surface area (Å²) in [5.74, 6) is -1.77. The minimum absolute atomic E-state index is 0.0382. The zero-order chi connectivity index (χ0) is 28.3. The third-order valence-corrected chi connectivity index (χ3v) is 6.93. The summed E-state index contributed by atoms with van der Waals surface area (Å²) in [6, 6.07) is 3.37. The molecule has 1 aromatic carbocycles. The van der Waals surface area contributed by atoms with Crippen molar-refractivity contribution in [2.45, 2.75) is 37.9 Å². The molecule has 0 bridgehead atoms. The molecular weight excluding hydrogens is 506 g/mol. The first-order chi connectivity index (χ1) is 19.0. The van der Waals surface area contributed by atoms with Crippen LogP contribution in [-0.4, -0.2) is 57.1 Å². The number of carbonyl (C=O) groups excluding carboxylic acids is 1. The lowest BCUT2D eigenvalue weighted by Crippen LogP contribution is -2.39. The highest BCUT2D eigenvalue weighted by molar-refractivity contribution is 6.31. The summed E-state index contributed by atoms with van der Waals surface area (Å²) in [7, 11) is 0. The summed E-state index contributed by atoms with van der Waals surface area (Å²) in [5, 5.41) is 20.2. The number of aliphatic hydroxyl groups is 1. The van der Waals surface area contributed by atoms with Gasteiger partial charge in [-0.05, 0) is 53.5 Å². The Balaban J connectivity index is 1.33. The number of nitrogens with zero attached hydrogens (tertiary/aromatic N) is 7. The third kappa shape index (κ3) is 3.89. The largest absolute Gasteiger partial charge is 0.390 e. The molecule has 37 heavy (non-hydrogen) atoms. The van der Waals surface area contributed by atoms with Crippen molar-refractivity contribution in [3.63, 3.8) is 0 Å². The molecule has 0 aliphatic carbocycles. The van der Waals surface area contributed by atoms with Gasteiger partial charge in [-0.2, -0.15) is 4.68 Å². The zero-order valence-electron chi connectivity index (χ0n) is 21.9. The lowest BCUT2D eigenvalue weighted by Gasteiger charge is -2.33. The minimum atomic E-state index is -2.97. The average molecular weight is 528 g/mol. The van der Waals surface area contributed by atoms with E-state index >= 15 is 4.39 Å². The van der Waals surface area contributed by atoms with Crippen molar-refractivity contribution in [3.05, 3.63) is 76.7 Å². The number of carbonyl (C=O) groups is 1. The first-order valence-electron chi connectivity index (χ1n) is 12.7. The number of hydrogen-bond donors (Lipinski definition) is 2. The van der Waals surface area contributed by atoms with Gasteiger partial charge < -0.3 is 15.0 Å². The Morgan fingerprint density at radius 1 is 1.24 bits per heavy atom. The Hall–Kier alpha value is -4.03. The van der Waals surface area contributed by atoms with Crippen LogP contribution in [0.25, 0.3) is 22.5 Å². The standard InChI is InChI=1S/C24H19ClF2N8O2/c25-15-2-4-18(34-11-30-32-33-34)21(23(15)27)12-7-13-1-3-19(35(13)20(37)8-12)24-29-9-16(31-24)14-5-6-28-17(10-36)22(14)26/h2,4-6,8-9,11,13,19,36H,1,3,7,10H2,(H,29,31)/t13-,19+/m0/s1/i10D2,11D. The van der Waals surface area contributed by atoms with Crippen LogP contribution in [0.3, 0.4) is 0 Å². The van der Waals surface area contributed by atoms with Crippen LogP contribution in [0, 0.1) is 11.6 Å². The maximum absolute atomic E-state index is 15.4. The topological polar surface area (TPSA) is 126 Å². The van der Waals surface area contributed by atoms with Gasteiger partial charge >= 0.3 is 0 Å². The first-order valence-corrected chi connectivity index (χ1v) is 11.6. The fraction of sp³-hybridized carbons (Fsp3) is 0.250. The highest BCUT2D eigenvalue weighted by atomic mass is 35.5. The summed E-state index contributed by atoms with van der Waals surface area (Å²) < 4.78 is 54.1. The molecule has 188 valence electrons. The van der Waals surface area contributed by atoms with E-state index in [2.05, 4.69) is 30.5 Å². The van der Waals surface area contributed by atoms with Crippen LogP contribution in [0.2, 0.25) is 5.02 Å². The van der Waals surface area contributed by atoms with E-state index in [-0.39, 0.29) is 45.8 Å². The third-order valence-electron chi connectivity index (χ3n) is 6.64. The number of benzene rings is 1. The summed E-state index contributed by atoms with van der Waals surface area (Å²) >= 11 is 6.07. The van der Waals surface area contributed by atoms with Crippen molar-refractivity contribution in [1.29, 1.82) is 0 Å². The Labute approximate surface area is 217 Å². The first kappa shape index (κ1) is 20.1. The van der Waals surface area contributed by atoms with Crippen LogP contribution in [0.1, 0.15) is 46.5 Å². The second-order valence-electron chi connectivity index (χ2n) is 8.63. The van der Waals surface area contributed by atoms with Crippen LogP contribution in [-0.2, 0) is 11.4 Å². The SMILES string of the molecule is [2H]c1nnnn1-c1ccc(Cl)c(F)c1C1=CC(=O)N2[C@@H](CC[C@@H]2c2ncc(-c3ccnc(C([2H])([2H])O)c3F)[nH]2)C1. The van der Waals surface area contributed by atoms with Gasteiger partial charge in [0.15, 0.2) is 11.6 Å². The fourth-order valence-electron chi connectivity index (χ4n) is 5.04. The molecule has 1 saturated heterocycles. The summed E-state index contributed by atoms with van der Waals surface area (Å²) in [6.45, 7) is -2.97. The highest BCUT2D eigenvalue weighted by Crippen LogP contribution is 2.44. The molecule has 0 saturated carbocycles. The van der Waals surface area contributed by atoms with Crippen molar-refractivity contribution in [3.8, 4) is 16.9 Å². The smallest absolute Gasteiger partial charge is 0.247 e. The average Bonchev–Trinajstić information content (AvgIpc) is 3.65. The molecule has 5 heterocycles. The van der Waals surface area contributed by atoms with Crippen LogP contribution in [0.5, 0.6) is 0 Å². The van der Waals surface area contributed by atoms with Crippen molar-refractivity contribution in [1.82, 2.24) is 40.1 Å². The Bertz CT molecular complexity index is 1690. The fourth-order valence-corrected chi connectivity index (χ4v) is 5.19. The number of amides is 1. The monoisotopic (exact) mass is 527 g/mol. The number of aromatic amines is 1. The predicted molar refractivity (Wildman–Crippen MR) is 127 cm³/mol. The normalized spacial score (nSPS) is 20.9. The Kier molecular flexibility index (Phi) is 4.95. The molecule has 0 spiro atoms. The van der Waals surface area contributed by atoms with Crippen LogP contribution in [0.4, 0.5) is 8.78 Å². The van der Waals surface area contributed by atoms with Gasteiger partial charge in [0.25, 0.3) is 0 Å². The van der Waals surface area contributed by atoms with Crippen molar-refractivity contribution >= 4 is 23.1 Å². The molecular formula is C24H19ClF2N8O2. The van der Waals surface area contributed by atoms with Gasteiger partial charge in [0.05, 0.1) is 37.9 Å². The number of tetrazole rings is 1. The van der Waals surface area contributed by atoms with Gasteiger partial charge in [-0.25, -0.2) is 13.8 Å². The van der Waals surface area contributed by atoms with Gasteiger partial charge in [0.1, 0.15) is 19.2 Å². The van der Waals surface area contributed by atoms with Gasteiger partial charge in [-0.1, -0.05) is 11.6 Å². The summed E-state index contributed by atoms with van der Waals surface area (Å²) in [4.78, 5) is 26.0. The number of aromatic nitrogens is 7. The van der Waals surface area contributed by atoms with Gasteiger partial charge in [0.2, 0.25) is 5.91 Å². The zero-order valence-corrected chi connectivity index (χ0v) is 19.6. The second-order valence-corrected chi connectivity index (χ2v) is 9.03. The molecule has 2 aliphatic heterocycles. The number of halogens is 3. The maximum atomic E-state index is 15.4. The van der Waals surface area contributed by atoms with Crippen LogP contribution >= 0.6 is 11.6 Å². The molecule has 1 fully saturated rings. The quantitative estimate of drug-likeness (QED) is 0.407. The molecule has 1 amide bonds. The van der Waals surface area contributed by atoms with Crippen molar-refractivity contribution < 1.29 is 22.8 Å². The number of hydrogen-bond acceptors (Lipinski definition) is 7. The van der Waals surface area contributed by atoms with Gasteiger partial charge in [-0.15, -0.1) is 5.10 Å². The molecule has 6 rings (SSSR count). The van der Waals surface area contributed by atoms with E-state index in [1.807, 2.05) is 0 Å². The Morgan fingerprint density at radius 3 is 2.89 bits per heavy atom. The molecule has 3 aromatic heterocycles. The number of imidazole rings is 1. The number of pyridine rings is 1. The second kappa shape index (κ2) is 9.12. The van der Waals surface area contributed by atoms with Gasteiger partial charge in [0, 0.05) is 29.4 Å². The van der Waals surface area contributed by atoms with Gasteiger partial charge in [-0.3, -0.25) is 9.78 Å². The van der Waals surface area contributed by atoms with Crippen LogP contribution < -0.4 is 0 Å². The molecule has 0 unspecified atom stereocenters. The maximum Gasteiger partial charge on any atom is 0.247 e.